The van der Waals surface area contributed by atoms with Crippen molar-refractivity contribution < 1.29 is 19.2 Å². The summed E-state index contributed by atoms with van der Waals surface area (Å²) >= 11 is 1.85. The Kier molecular flexibility index (Phi) is 15.1. The molecule has 10 rings (SSSR count). The Morgan fingerprint density at radius 3 is 2.26 bits per heavy atom. The van der Waals surface area contributed by atoms with Gasteiger partial charge >= 0.3 is 0 Å². The average Bonchev–Trinajstić information content (AvgIpc) is 4.09. The van der Waals surface area contributed by atoms with Gasteiger partial charge in [-0.2, -0.15) is 4.98 Å². The Balaban J connectivity index is 0.00000140. The van der Waals surface area contributed by atoms with Gasteiger partial charge in [-0.15, -0.1) is 0 Å². The van der Waals surface area contributed by atoms with E-state index in [0.29, 0.717) is 43.0 Å². The number of carbonyl (C=O) groups is 4. The third kappa shape index (κ3) is 10.1. The van der Waals surface area contributed by atoms with Crippen LogP contribution in [-0.4, -0.2) is 132 Å². The minimum atomic E-state index is -0.389. The SMILES string of the molecule is CC.CC.CN(Cc1cc(N2CCN(C3CN(c4cccc(SN5CCC(Nc6ncc7c(n6)N(C6CCCCC6)C(=O)C76CC6)CC5)c4)C3)CC2)ccc1C=O)C1CCC(=O)NC1=O. The Hall–Kier alpha value is -4.57. The van der Waals surface area contributed by atoms with Gasteiger partial charge in [-0.3, -0.25) is 39.2 Å². The molecule has 2 aliphatic carbocycles. The topological polar surface area (TPSA) is 138 Å². The molecule has 3 amide bonds. The standard InChI is InChI=1S/C46H58N10O4S.2C2H6/c1-51(40-12-13-41(58)49-43(40)59)27-32-24-36(11-10-31(32)30-57)52-20-22-53(23-21-52)37-28-54(29-37)35-8-5-9-38(25-35)61-55-18-14-33(15-19-55)48-45-47-26-39-42(50-45)56(34-6-3-2-4-7-34)44(60)46(39)16-17-46;2*1-2/h5,8-11,24-26,30,33-34,37,40H,2-4,6-7,12-23,27-29H2,1H3,(H,47,48,50)(H,49,58,59);2*1-2H3. The highest BCUT2D eigenvalue weighted by Gasteiger charge is 2.61. The largest absolute Gasteiger partial charge is 0.369 e. The molecule has 350 valence electrons. The second-order valence-electron chi connectivity index (χ2n) is 18.4. The van der Waals surface area contributed by atoms with E-state index in [0.717, 1.165) is 120 Å². The molecule has 0 radical (unpaired) electrons. The summed E-state index contributed by atoms with van der Waals surface area (Å²) in [5.74, 6) is 1.31. The van der Waals surface area contributed by atoms with Gasteiger partial charge < -0.3 is 15.1 Å². The van der Waals surface area contributed by atoms with E-state index in [-0.39, 0.29) is 35.2 Å². The van der Waals surface area contributed by atoms with Crippen molar-refractivity contribution in [2.45, 2.75) is 139 Å². The number of imide groups is 1. The highest BCUT2D eigenvalue weighted by Crippen LogP contribution is 2.57. The summed E-state index contributed by atoms with van der Waals surface area (Å²) in [5, 5.41) is 6.09. The number of piperazine rings is 1. The van der Waals surface area contributed by atoms with Crippen LogP contribution in [0.25, 0.3) is 0 Å². The lowest BCUT2D eigenvalue weighted by atomic mass is 9.94. The first-order valence-electron chi connectivity index (χ1n) is 24.6. The number of carbonyl (C=O) groups excluding carboxylic acids is 4. The minimum Gasteiger partial charge on any atom is -0.369 e. The van der Waals surface area contributed by atoms with E-state index in [9.17, 15) is 19.2 Å². The third-order valence-electron chi connectivity index (χ3n) is 14.5. The van der Waals surface area contributed by atoms with Crippen LogP contribution >= 0.6 is 11.9 Å². The van der Waals surface area contributed by atoms with Crippen LogP contribution in [0, 0.1) is 0 Å². The molecular formula is C50H70N10O4S. The molecule has 3 aromatic rings. The number of fused-ring (bicyclic) bond motifs is 2. The number of aromatic nitrogens is 2. The molecule has 15 heteroatoms. The van der Waals surface area contributed by atoms with Crippen LogP contribution in [0.1, 0.15) is 120 Å². The predicted octanol–water partition coefficient (Wildman–Crippen LogP) is 6.88. The Morgan fingerprint density at radius 1 is 0.846 bits per heavy atom. The number of hydrogen-bond acceptors (Lipinski definition) is 13. The summed E-state index contributed by atoms with van der Waals surface area (Å²) in [6, 6.07) is 15.7. The van der Waals surface area contributed by atoms with Crippen LogP contribution in [0.5, 0.6) is 0 Å². The van der Waals surface area contributed by atoms with E-state index in [1.807, 2.05) is 69.9 Å². The van der Waals surface area contributed by atoms with Gasteiger partial charge in [-0.1, -0.05) is 53.0 Å². The quantitative estimate of drug-likeness (QED) is 0.111. The highest BCUT2D eigenvalue weighted by molar-refractivity contribution is 7.97. The number of aldehydes is 1. The summed E-state index contributed by atoms with van der Waals surface area (Å²) in [4.78, 5) is 72.2. The molecule has 2 aromatic carbocycles. The molecule has 1 spiro atoms. The molecule has 14 nitrogen and oxygen atoms in total. The lowest BCUT2D eigenvalue weighted by Gasteiger charge is -2.49. The van der Waals surface area contributed by atoms with Crippen molar-refractivity contribution in [3.05, 3.63) is 65.4 Å². The Bertz CT molecular complexity index is 2160. The first kappa shape index (κ1) is 46.9. The van der Waals surface area contributed by atoms with Crippen LogP contribution < -0.4 is 25.3 Å². The fourth-order valence-corrected chi connectivity index (χ4v) is 11.6. The maximum absolute atomic E-state index is 13.6. The first-order chi connectivity index (χ1) is 31.7. The number of rotatable bonds is 12. The van der Waals surface area contributed by atoms with Crippen molar-refractivity contribution in [1.82, 2.24) is 29.4 Å². The molecule has 1 aromatic heterocycles. The summed E-state index contributed by atoms with van der Waals surface area (Å²) in [7, 11) is 1.88. The second kappa shape index (κ2) is 20.9. The number of likely N-dealkylation sites (N-methyl/N-ethyl adjacent to an activating group) is 1. The number of nitrogens with one attached hydrogen (secondary N) is 2. The summed E-state index contributed by atoms with van der Waals surface area (Å²) in [6.07, 6.45) is 13.3. The van der Waals surface area contributed by atoms with Crippen LogP contribution in [0.3, 0.4) is 0 Å². The minimum absolute atomic E-state index is 0.226. The highest BCUT2D eigenvalue weighted by atomic mass is 32.2. The first-order valence-corrected chi connectivity index (χ1v) is 25.4. The monoisotopic (exact) mass is 907 g/mol. The van der Waals surface area contributed by atoms with Gasteiger partial charge in [0.25, 0.3) is 0 Å². The number of nitrogens with zero attached hydrogens (tertiary/aromatic N) is 8. The molecule has 6 fully saturated rings. The van der Waals surface area contributed by atoms with E-state index in [2.05, 4.69) is 64.9 Å². The fourth-order valence-electron chi connectivity index (χ4n) is 10.6. The van der Waals surface area contributed by atoms with Crippen molar-refractivity contribution in [1.29, 1.82) is 0 Å². The molecule has 2 saturated carbocycles. The van der Waals surface area contributed by atoms with Crippen LogP contribution in [-0.2, 0) is 26.3 Å². The van der Waals surface area contributed by atoms with E-state index < -0.39 is 0 Å². The second-order valence-corrected chi connectivity index (χ2v) is 19.6. The predicted molar refractivity (Wildman–Crippen MR) is 260 cm³/mol. The summed E-state index contributed by atoms with van der Waals surface area (Å²) in [5.41, 5.74) is 4.62. The molecule has 1 atom stereocenters. The van der Waals surface area contributed by atoms with E-state index in [1.165, 1.54) is 29.8 Å². The van der Waals surface area contributed by atoms with Gasteiger partial charge in [0, 0.05) is 117 Å². The summed E-state index contributed by atoms with van der Waals surface area (Å²) < 4.78 is 2.48. The molecular weight excluding hydrogens is 837 g/mol. The number of benzene rings is 2. The average molecular weight is 907 g/mol. The van der Waals surface area contributed by atoms with E-state index >= 15 is 0 Å². The Labute approximate surface area is 390 Å². The van der Waals surface area contributed by atoms with Gasteiger partial charge in [0.05, 0.1) is 11.5 Å². The smallest absolute Gasteiger partial charge is 0.243 e. The molecule has 5 aliphatic heterocycles. The number of hydrogen-bond donors (Lipinski definition) is 2. The molecule has 0 bridgehead atoms. The van der Waals surface area contributed by atoms with Crippen molar-refractivity contribution in [3.63, 3.8) is 0 Å². The number of amides is 3. The van der Waals surface area contributed by atoms with Crippen LogP contribution in [0.15, 0.2) is 53.6 Å². The molecule has 4 saturated heterocycles. The van der Waals surface area contributed by atoms with Crippen LogP contribution in [0.4, 0.5) is 23.1 Å². The zero-order chi connectivity index (χ0) is 45.7. The number of anilines is 4. The van der Waals surface area contributed by atoms with E-state index in [4.69, 9.17) is 9.97 Å². The zero-order valence-electron chi connectivity index (χ0n) is 39.3. The van der Waals surface area contributed by atoms with Gasteiger partial charge in [0.15, 0.2) is 0 Å². The molecule has 2 N–H and O–H groups in total. The molecule has 1 unspecified atom stereocenters. The van der Waals surface area contributed by atoms with Gasteiger partial charge in [0.1, 0.15) is 12.1 Å². The van der Waals surface area contributed by atoms with Crippen molar-refractivity contribution in [3.8, 4) is 0 Å². The third-order valence-corrected chi connectivity index (χ3v) is 15.6. The molecule has 6 heterocycles. The van der Waals surface area contributed by atoms with Crippen molar-refractivity contribution in [2.24, 2.45) is 0 Å². The van der Waals surface area contributed by atoms with Gasteiger partial charge in [-0.05, 0) is 106 Å². The zero-order valence-corrected chi connectivity index (χ0v) is 40.1. The van der Waals surface area contributed by atoms with Crippen molar-refractivity contribution in [2.75, 3.05) is 79.4 Å². The van der Waals surface area contributed by atoms with E-state index in [1.54, 1.807) is 0 Å². The van der Waals surface area contributed by atoms with Gasteiger partial charge in [-0.25, -0.2) is 9.29 Å². The molecule has 7 aliphatic rings. The normalized spacial score (nSPS) is 22.7. The Morgan fingerprint density at radius 2 is 1.57 bits per heavy atom. The lowest BCUT2D eigenvalue weighted by molar-refractivity contribution is -0.137. The van der Waals surface area contributed by atoms with Gasteiger partial charge in [0.2, 0.25) is 23.7 Å². The molecule has 65 heavy (non-hydrogen) atoms. The lowest BCUT2D eigenvalue weighted by Crippen LogP contribution is -2.63. The maximum Gasteiger partial charge on any atom is 0.243 e. The van der Waals surface area contributed by atoms with Crippen molar-refractivity contribution >= 4 is 59.1 Å². The maximum atomic E-state index is 13.6. The fraction of sp³-hybridized carbons (Fsp3) is 0.600. The van der Waals surface area contributed by atoms with Crippen LogP contribution in [0.2, 0.25) is 0 Å². The number of piperidine rings is 2. The summed E-state index contributed by atoms with van der Waals surface area (Å²) in [6.45, 7) is 16.3.